The molecule has 25 heavy (non-hydrogen) atoms. The van der Waals surface area contributed by atoms with E-state index in [1.165, 1.54) is 38.5 Å². The summed E-state index contributed by atoms with van der Waals surface area (Å²) in [5.74, 6) is 1.26. The summed E-state index contributed by atoms with van der Waals surface area (Å²) in [4.78, 5) is 0. The van der Waals surface area contributed by atoms with Gasteiger partial charge in [-0.2, -0.15) is 0 Å². The van der Waals surface area contributed by atoms with Gasteiger partial charge in [-0.15, -0.1) is 0 Å². The van der Waals surface area contributed by atoms with Crippen LogP contribution in [0.4, 0.5) is 0 Å². The largest absolute Gasteiger partial charge is 2.00 e. The van der Waals surface area contributed by atoms with Crippen LogP contribution in [0.1, 0.15) is 79.1 Å². The molecule has 2 unspecified atom stereocenters. The molecule has 0 aliphatic rings. The van der Waals surface area contributed by atoms with Crippen molar-refractivity contribution in [1.82, 2.24) is 0 Å². The number of hydrogen-bond donors (Lipinski definition) is 0. The van der Waals surface area contributed by atoms with Crippen LogP contribution < -0.4 is 0 Å². The predicted molar refractivity (Wildman–Crippen MR) is 118 cm³/mol. The first kappa shape index (κ1) is 30.6. The van der Waals surface area contributed by atoms with E-state index in [0.29, 0.717) is 25.0 Å². The fourth-order valence-corrected chi connectivity index (χ4v) is 2.44. The van der Waals surface area contributed by atoms with Crippen LogP contribution in [0.3, 0.4) is 0 Å². The first-order chi connectivity index (χ1) is 11.4. The fraction of sp³-hybridized carbons (Fsp3) is 0.889. The minimum absolute atomic E-state index is 0. The van der Waals surface area contributed by atoms with E-state index < -0.39 is 0 Å². The molecule has 0 aromatic carbocycles. The Morgan fingerprint density at radius 3 is 1.28 bits per heavy atom. The van der Waals surface area contributed by atoms with Crippen LogP contribution in [0.15, 0.2) is 0 Å². The normalized spacial score (nSPS) is 12.0. The van der Waals surface area contributed by atoms with Crippen LogP contribution in [0.25, 0.3) is 0 Å². The van der Waals surface area contributed by atoms with Gasteiger partial charge in [0.1, 0.15) is 0 Å². The van der Waals surface area contributed by atoms with Gasteiger partial charge >= 0.3 is 19.5 Å². The summed E-state index contributed by atoms with van der Waals surface area (Å²) in [6.07, 6.45) is 9.79. The third-order valence-corrected chi connectivity index (χ3v) is 4.43. The maximum Gasteiger partial charge on any atom is 2.00 e. The minimum atomic E-state index is 0. The number of hydrogen-bond acceptors (Lipinski definition) is 6. The van der Waals surface area contributed by atoms with Crippen LogP contribution in [0, 0.1) is 11.8 Å². The zero-order valence-electron chi connectivity index (χ0n) is 16.4. The Kier molecular flexibility index (Phi) is 28.0. The molecule has 0 aromatic rings. The van der Waals surface area contributed by atoms with Crippen LogP contribution in [0.2, 0.25) is 0 Å². The van der Waals surface area contributed by atoms with E-state index in [-0.39, 0.29) is 28.2 Å². The molecule has 0 N–H and O–H groups in total. The first-order valence-corrected chi connectivity index (χ1v) is 10.7. The van der Waals surface area contributed by atoms with Gasteiger partial charge in [0, 0.05) is 8.77 Å². The second kappa shape index (κ2) is 22.9. The van der Waals surface area contributed by atoms with Gasteiger partial charge in [0.2, 0.25) is 0 Å². The van der Waals surface area contributed by atoms with E-state index in [2.05, 4.69) is 77.4 Å². The molecule has 0 saturated heterocycles. The summed E-state index contributed by atoms with van der Waals surface area (Å²) in [5, 5.41) is 0. The summed E-state index contributed by atoms with van der Waals surface area (Å²) < 4.78 is 10.8. The quantitative estimate of drug-likeness (QED) is 0.191. The van der Waals surface area contributed by atoms with Crippen LogP contribution in [-0.4, -0.2) is 22.0 Å². The smallest absolute Gasteiger partial charge is 0.513 e. The summed E-state index contributed by atoms with van der Waals surface area (Å²) in [5.41, 5.74) is 0. The van der Waals surface area contributed by atoms with E-state index in [9.17, 15) is 0 Å². The average molecular weight is 476 g/mol. The fourth-order valence-electron chi connectivity index (χ4n) is 2.17. The number of ether oxygens (including phenoxy) is 2. The van der Waals surface area contributed by atoms with Gasteiger partial charge in [-0.3, -0.25) is 0 Å². The Balaban J connectivity index is -0.000000372. The zero-order valence-corrected chi connectivity index (χ0v) is 22.6. The molecule has 0 radical (unpaired) electrons. The molecule has 0 saturated carbocycles. The van der Waals surface area contributed by atoms with Crippen molar-refractivity contribution < 1.29 is 29.0 Å². The van der Waals surface area contributed by atoms with Crippen molar-refractivity contribution in [1.29, 1.82) is 0 Å². The molecule has 0 heterocycles. The summed E-state index contributed by atoms with van der Waals surface area (Å²) in [6, 6.07) is 0. The molecule has 2 nitrogen and oxygen atoms in total. The van der Waals surface area contributed by atoms with E-state index in [4.69, 9.17) is 9.47 Å². The van der Waals surface area contributed by atoms with Crippen LogP contribution >= 0.6 is 24.4 Å². The van der Waals surface area contributed by atoms with Crippen molar-refractivity contribution in [2.24, 2.45) is 11.8 Å². The van der Waals surface area contributed by atoms with Crippen molar-refractivity contribution in [3.63, 3.8) is 0 Å². The third kappa shape index (κ3) is 24.8. The molecule has 2 atom stereocenters. The van der Waals surface area contributed by atoms with E-state index >= 15 is 0 Å². The van der Waals surface area contributed by atoms with Gasteiger partial charge in [-0.25, -0.2) is 0 Å². The molecule has 144 valence electrons. The second-order valence-corrected chi connectivity index (χ2v) is 7.96. The van der Waals surface area contributed by atoms with Crippen molar-refractivity contribution in [2.45, 2.75) is 79.1 Å². The van der Waals surface area contributed by atoms with Crippen molar-refractivity contribution in [3.8, 4) is 0 Å². The van der Waals surface area contributed by atoms with Gasteiger partial charge in [-0.1, -0.05) is 66.2 Å². The first-order valence-electron chi connectivity index (χ1n) is 9.08. The molecule has 0 aliphatic carbocycles. The zero-order chi connectivity index (χ0) is 18.8. The topological polar surface area (TPSA) is 18.5 Å². The van der Waals surface area contributed by atoms with Crippen molar-refractivity contribution in [2.75, 3.05) is 13.2 Å². The third-order valence-electron chi connectivity index (χ3n) is 3.96. The van der Waals surface area contributed by atoms with Gasteiger partial charge in [0.25, 0.3) is 0 Å². The molecular weight excluding hydrogens is 442 g/mol. The maximum absolute atomic E-state index is 5.14. The Bertz CT molecular complexity index is 287. The molecule has 0 rings (SSSR count). The van der Waals surface area contributed by atoms with Crippen molar-refractivity contribution >= 4 is 58.5 Å². The molecule has 0 spiro atoms. The summed E-state index contributed by atoms with van der Waals surface area (Å²) >= 11 is 18.7. The van der Waals surface area contributed by atoms with E-state index in [1.54, 1.807) is 0 Å². The molecule has 0 bridgehead atoms. The molecular formula is C18H34O2S4Zn. The second-order valence-electron chi connectivity index (χ2n) is 5.96. The van der Waals surface area contributed by atoms with Crippen LogP contribution in [-0.2, 0) is 54.2 Å². The average Bonchev–Trinajstić information content (AvgIpc) is 2.55. The van der Waals surface area contributed by atoms with Gasteiger partial charge in [0.15, 0.2) is 0 Å². The summed E-state index contributed by atoms with van der Waals surface area (Å²) in [6.45, 7) is 10.2. The summed E-state index contributed by atoms with van der Waals surface area (Å²) in [7, 11) is 0. The van der Waals surface area contributed by atoms with Gasteiger partial charge < -0.3 is 59.2 Å². The Morgan fingerprint density at radius 1 is 0.760 bits per heavy atom. The SMILES string of the molecule is CCCCC(CC)COC(=S)[S-].CCCCC(CC)COC(=S)[S-].[Zn+2]. The number of unbranched alkanes of at least 4 members (excludes halogenated alkanes) is 2. The van der Waals surface area contributed by atoms with E-state index in [0.717, 1.165) is 12.8 Å². The molecule has 7 heteroatoms. The molecule has 0 aliphatic heterocycles. The number of thiocarbonyl (C=S) groups is 2. The molecule has 0 amide bonds. The Labute approximate surface area is 190 Å². The van der Waals surface area contributed by atoms with Crippen LogP contribution in [0.5, 0.6) is 0 Å². The minimum Gasteiger partial charge on any atom is -0.513 e. The standard InChI is InChI=1S/2C9H18OS2.Zn/c2*1-3-5-6-8(4-2)7-10-9(11)12;/h2*8H,3-7H2,1-2H3,(H,11,12);/q;;+2/p-2. The van der Waals surface area contributed by atoms with Gasteiger partial charge in [-0.05, 0) is 24.7 Å². The molecule has 0 fully saturated rings. The number of rotatable bonds is 12. The van der Waals surface area contributed by atoms with Gasteiger partial charge in [0.05, 0.1) is 13.2 Å². The Hall–Kier alpha value is 0.843. The monoisotopic (exact) mass is 474 g/mol. The maximum atomic E-state index is 5.14. The van der Waals surface area contributed by atoms with E-state index in [1.807, 2.05) is 0 Å². The Morgan fingerprint density at radius 2 is 1.08 bits per heavy atom. The molecule has 0 aromatic heterocycles. The predicted octanol–water partition coefficient (Wildman–Crippen LogP) is 6.10. The van der Waals surface area contributed by atoms with Crippen molar-refractivity contribution in [3.05, 3.63) is 0 Å².